The molecule has 1 saturated heterocycles. The minimum absolute atomic E-state index is 0.120. The molecule has 23 heavy (non-hydrogen) atoms. The maximum atomic E-state index is 11.6. The first-order chi connectivity index (χ1) is 11.1. The lowest BCUT2D eigenvalue weighted by Gasteiger charge is -2.31. The van der Waals surface area contributed by atoms with Gasteiger partial charge in [0.15, 0.2) is 0 Å². The molecule has 0 saturated carbocycles. The Kier molecular flexibility index (Phi) is 4.55. The summed E-state index contributed by atoms with van der Waals surface area (Å²) >= 11 is 0. The molecule has 0 aliphatic carbocycles. The van der Waals surface area contributed by atoms with E-state index in [-0.39, 0.29) is 11.8 Å². The Morgan fingerprint density at radius 3 is 3.00 bits per heavy atom. The molecule has 0 unspecified atom stereocenters. The number of ether oxygens (including phenoxy) is 1. The lowest BCUT2D eigenvalue weighted by Crippen LogP contribution is -2.37. The third kappa shape index (κ3) is 3.86. The fourth-order valence-electron chi connectivity index (χ4n) is 2.91. The van der Waals surface area contributed by atoms with E-state index in [1.165, 1.54) is 0 Å². The van der Waals surface area contributed by atoms with Gasteiger partial charge in [-0.3, -0.25) is 9.78 Å². The number of nitrogens with zero attached hydrogens (tertiary/aromatic N) is 3. The zero-order chi connectivity index (χ0) is 16.2. The highest BCUT2D eigenvalue weighted by Crippen LogP contribution is 2.27. The molecule has 5 nitrogen and oxygen atoms in total. The molecule has 1 aliphatic rings. The molecule has 1 aliphatic heterocycles. The zero-order valence-electron chi connectivity index (χ0n) is 13.5. The van der Waals surface area contributed by atoms with Crippen molar-refractivity contribution in [3.8, 4) is 11.6 Å². The summed E-state index contributed by atoms with van der Waals surface area (Å²) in [6, 6.07) is 7.84. The molecule has 0 bridgehead atoms. The summed E-state index contributed by atoms with van der Waals surface area (Å²) in [5, 5.41) is 0. The Hall–Kier alpha value is -2.43. The number of likely N-dealkylation sites (tertiary alicyclic amines) is 1. The maximum absolute atomic E-state index is 11.6. The average molecular weight is 311 g/mol. The van der Waals surface area contributed by atoms with Crippen molar-refractivity contribution in [3.05, 3.63) is 47.9 Å². The minimum Gasteiger partial charge on any atom is -0.437 e. The van der Waals surface area contributed by atoms with Crippen molar-refractivity contribution in [3.63, 3.8) is 0 Å². The number of piperidine rings is 1. The van der Waals surface area contributed by atoms with Crippen LogP contribution in [0.5, 0.6) is 11.6 Å². The monoisotopic (exact) mass is 311 g/mol. The highest BCUT2D eigenvalue weighted by Gasteiger charge is 2.24. The number of carbonyl (C=O) groups is 1. The van der Waals surface area contributed by atoms with Crippen LogP contribution in [-0.2, 0) is 4.79 Å². The van der Waals surface area contributed by atoms with E-state index in [4.69, 9.17) is 4.74 Å². The Morgan fingerprint density at radius 1 is 1.35 bits per heavy atom. The van der Waals surface area contributed by atoms with Gasteiger partial charge in [-0.05, 0) is 37.5 Å². The maximum Gasteiger partial charge on any atom is 0.238 e. The van der Waals surface area contributed by atoms with Crippen molar-refractivity contribution in [2.24, 2.45) is 0 Å². The Balaban J connectivity index is 1.75. The molecule has 2 aromatic rings. The number of amides is 1. The number of aromatic nitrogens is 2. The van der Waals surface area contributed by atoms with E-state index >= 15 is 0 Å². The molecule has 1 aromatic carbocycles. The number of rotatable bonds is 3. The lowest BCUT2D eigenvalue weighted by atomic mass is 9.95. The molecule has 120 valence electrons. The summed E-state index contributed by atoms with van der Waals surface area (Å²) in [5.41, 5.74) is 2.03. The summed E-state index contributed by atoms with van der Waals surface area (Å²) in [4.78, 5) is 22.3. The predicted molar refractivity (Wildman–Crippen MR) is 87.5 cm³/mol. The van der Waals surface area contributed by atoms with Gasteiger partial charge in [-0.1, -0.05) is 12.1 Å². The number of aryl methyl sites for hydroxylation is 1. The van der Waals surface area contributed by atoms with Crippen LogP contribution >= 0.6 is 0 Å². The van der Waals surface area contributed by atoms with Gasteiger partial charge in [-0.2, -0.15) is 0 Å². The smallest absolute Gasteiger partial charge is 0.238 e. The van der Waals surface area contributed by atoms with Gasteiger partial charge in [0.05, 0.1) is 11.9 Å². The summed E-state index contributed by atoms with van der Waals surface area (Å²) in [5.74, 6) is 1.59. The highest BCUT2D eigenvalue weighted by atomic mass is 16.5. The fourth-order valence-corrected chi connectivity index (χ4v) is 2.91. The molecule has 0 spiro atoms. The second-order valence-electron chi connectivity index (χ2n) is 6.00. The molecule has 2 heterocycles. The Labute approximate surface area is 136 Å². The third-order valence-electron chi connectivity index (χ3n) is 4.13. The molecule has 3 rings (SSSR count). The normalized spacial score (nSPS) is 17.8. The van der Waals surface area contributed by atoms with Crippen molar-refractivity contribution in [2.45, 2.75) is 32.6 Å². The number of hydrogen-bond acceptors (Lipinski definition) is 4. The van der Waals surface area contributed by atoms with Crippen molar-refractivity contribution < 1.29 is 9.53 Å². The molecule has 1 atom stereocenters. The van der Waals surface area contributed by atoms with Crippen molar-refractivity contribution in [2.75, 3.05) is 13.1 Å². The second-order valence-corrected chi connectivity index (χ2v) is 6.00. The average Bonchev–Trinajstić information content (AvgIpc) is 2.55. The van der Waals surface area contributed by atoms with E-state index in [1.807, 2.05) is 36.1 Å². The second kappa shape index (κ2) is 6.77. The van der Waals surface area contributed by atoms with Crippen LogP contribution in [0.1, 0.15) is 36.9 Å². The molecule has 5 heteroatoms. The van der Waals surface area contributed by atoms with Gasteiger partial charge in [0.1, 0.15) is 5.75 Å². The first-order valence-corrected chi connectivity index (χ1v) is 7.94. The van der Waals surface area contributed by atoms with Crippen LogP contribution in [0.3, 0.4) is 0 Å². The summed E-state index contributed by atoms with van der Waals surface area (Å²) in [7, 11) is 0. The lowest BCUT2D eigenvalue weighted by molar-refractivity contribution is -0.130. The van der Waals surface area contributed by atoms with Gasteiger partial charge in [-0.25, -0.2) is 4.98 Å². The summed E-state index contributed by atoms with van der Waals surface area (Å²) < 4.78 is 5.81. The molecule has 1 fully saturated rings. The van der Waals surface area contributed by atoms with Gasteiger partial charge in [0.2, 0.25) is 11.8 Å². The SMILES string of the molecule is CC(=O)N1CCC[C@@H](c2cncc(Oc3cccc(C)c3)n2)C1. The molecule has 0 N–H and O–H groups in total. The molecule has 1 amide bonds. The van der Waals surface area contributed by atoms with Gasteiger partial charge in [0.25, 0.3) is 0 Å². The van der Waals surface area contributed by atoms with Crippen LogP contribution in [-0.4, -0.2) is 33.9 Å². The minimum atomic E-state index is 0.120. The zero-order valence-corrected chi connectivity index (χ0v) is 13.5. The fraction of sp³-hybridized carbons (Fsp3) is 0.389. The van der Waals surface area contributed by atoms with Crippen molar-refractivity contribution in [1.82, 2.24) is 14.9 Å². The van der Waals surface area contributed by atoms with E-state index in [0.717, 1.165) is 36.4 Å². The van der Waals surface area contributed by atoms with Crippen LogP contribution in [0.4, 0.5) is 0 Å². The van der Waals surface area contributed by atoms with Crippen molar-refractivity contribution in [1.29, 1.82) is 0 Å². The van der Waals surface area contributed by atoms with E-state index in [9.17, 15) is 4.79 Å². The van der Waals surface area contributed by atoms with Crippen LogP contribution in [0.25, 0.3) is 0 Å². The van der Waals surface area contributed by atoms with Crippen LogP contribution < -0.4 is 4.74 Å². The largest absolute Gasteiger partial charge is 0.437 e. The standard InChI is InChI=1S/C18H21N3O2/c1-13-5-3-7-16(9-13)23-18-11-19-10-17(20-18)15-6-4-8-21(12-15)14(2)22/h3,5,7,9-11,15H,4,6,8,12H2,1-2H3/t15-/m1/s1. The molecule has 0 radical (unpaired) electrons. The van der Waals surface area contributed by atoms with Gasteiger partial charge >= 0.3 is 0 Å². The summed E-state index contributed by atoms with van der Waals surface area (Å²) in [6.07, 6.45) is 5.41. The molecular weight excluding hydrogens is 290 g/mol. The quantitative estimate of drug-likeness (QED) is 0.872. The number of benzene rings is 1. The number of hydrogen-bond donors (Lipinski definition) is 0. The van der Waals surface area contributed by atoms with Crippen LogP contribution in [0.15, 0.2) is 36.7 Å². The first-order valence-electron chi connectivity index (χ1n) is 7.94. The van der Waals surface area contributed by atoms with Gasteiger partial charge in [0, 0.05) is 32.1 Å². The molecule has 1 aromatic heterocycles. The van der Waals surface area contributed by atoms with E-state index in [1.54, 1.807) is 19.3 Å². The third-order valence-corrected chi connectivity index (χ3v) is 4.13. The highest BCUT2D eigenvalue weighted by molar-refractivity contribution is 5.73. The predicted octanol–water partition coefficient (Wildman–Crippen LogP) is 3.30. The van der Waals surface area contributed by atoms with E-state index in [0.29, 0.717) is 12.4 Å². The van der Waals surface area contributed by atoms with Gasteiger partial charge < -0.3 is 9.64 Å². The molecular formula is C18H21N3O2. The van der Waals surface area contributed by atoms with Crippen LogP contribution in [0, 0.1) is 6.92 Å². The Morgan fingerprint density at radius 2 is 2.22 bits per heavy atom. The van der Waals surface area contributed by atoms with Crippen molar-refractivity contribution >= 4 is 5.91 Å². The summed E-state index contributed by atoms with van der Waals surface area (Å²) in [6.45, 7) is 5.18. The first kappa shape index (κ1) is 15.5. The number of carbonyl (C=O) groups excluding carboxylic acids is 1. The topological polar surface area (TPSA) is 55.3 Å². The Bertz CT molecular complexity index is 702. The van der Waals surface area contributed by atoms with Crippen LogP contribution in [0.2, 0.25) is 0 Å². The van der Waals surface area contributed by atoms with E-state index in [2.05, 4.69) is 9.97 Å². The van der Waals surface area contributed by atoms with E-state index < -0.39 is 0 Å². The van der Waals surface area contributed by atoms with Gasteiger partial charge in [-0.15, -0.1) is 0 Å².